The lowest BCUT2D eigenvalue weighted by Gasteiger charge is -2.07. The van der Waals surface area contributed by atoms with Crippen LogP contribution in [0, 0.1) is 0 Å². The van der Waals surface area contributed by atoms with Crippen molar-refractivity contribution in [2.24, 2.45) is 0 Å². The predicted octanol–water partition coefficient (Wildman–Crippen LogP) is 3.23. The molecule has 0 saturated carbocycles. The van der Waals surface area contributed by atoms with Crippen LogP contribution in [0.5, 0.6) is 0 Å². The third kappa shape index (κ3) is 3.35. The van der Waals surface area contributed by atoms with Gasteiger partial charge in [-0.25, -0.2) is 0 Å². The molecular weight excluding hydrogens is 316 g/mol. The maximum absolute atomic E-state index is 11.5. The van der Waals surface area contributed by atoms with E-state index in [9.17, 15) is 14.4 Å². The van der Waals surface area contributed by atoms with E-state index in [0.29, 0.717) is 17.2 Å². The van der Waals surface area contributed by atoms with Crippen LogP contribution in [0.15, 0.2) is 45.7 Å². The lowest BCUT2D eigenvalue weighted by atomic mass is 10.1. The highest BCUT2D eigenvalue weighted by molar-refractivity contribution is 8.18. The Kier molecular flexibility index (Phi) is 4.03. The van der Waals surface area contributed by atoms with Gasteiger partial charge in [0.1, 0.15) is 11.5 Å². The summed E-state index contributed by atoms with van der Waals surface area (Å²) in [7, 11) is 0. The Bertz CT molecular complexity index is 838. The molecule has 116 valence electrons. The molecule has 1 aromatic heterocycles. The second-order valence-electron chi connectivity index (χ2n) is 4.78. The standard InChI is InChI=1S/C16H12N2O4S/c1-9(19)17-12-5-3-2-4-11(12)13-7-6-10(22-13)8-14-15(20)18-16(21)23-14/h2-8H,1H3,(H,17,19)(H,18,20,21)/b14-8-. The first-order valence-corrected chi connectivity index (χ1v) is 7.56. The predicted molar refractivity (Wildman–Crippen MR) is 87.6 cm³/mol. The fourth-order valence-corrected chi connectivity index (χ4v) is 2.78. The van der Waals surface area contributed by atoms with Crippen molar-refractivity contribution in [1.29, 1.82) is 0 Å². The number of thioether (sulfide) groups is 1. The molecule has 2 heterocycles. The first-order chi connectivity index (χ1) is 11.0. The average Bonchev–Trinajstić information content (AvgIpc) is 3.06. The summed E-state index contributed by atoms with van der Waals surface area (Å²) >= 11 is 0.830. The fraction of sp³-hybridized carbons (Fsp3) is 0.0625. The van der Waals surface area contributed by atoms with Gasteiger partial charge in [-0.1, -0.05) is 12.1 Å². The van der Waals surface area contributed by atoms with Crippen molar-refractivity contribution < 1.29 is 18.8 Å². The minimum absolute atomic E-state index is 0.177. The topological polar surface area (TPSA) is 88.4 Å². The van der Waals surface area contributed by atoms with Crippen LogP contribution in [0.4, 0.5) is 10.5 Å². The maximum atomic E-state index is 11.5. The molecule has 6 nitrogen and oxygen atoms in total. The number of nitrogens with one attached hydrogen (secondary N) is 2. The van der Waals surface area contributed by atoms with Crippen LogP contribution in [0.25, 0.3) is 17.4 Å². The first-order valence-electron chi connectivity index (χ1n) is 6.74. The third-order valence-corrected chi connectivity index (χ3v) is 3.86. The molecule has 1 aliphatic heterocycles. The summed E-state index contributed by atoms with van der Waals surface area (Å²) in [6.45, 7) is 1.43. The Morgan fingerprint density at radius 3 is 2.70 bits per heavy atom. The van der Waals surface area contributed by atoms with Gasteiger partial charge in [0.15, 0.2) is 0 Å². The number of carbonyl (C=O) groups is 3. The summed E-state index contributed by atoms with van der Waals surface area (Å²) < 4.78 is 5.71. The third-order valence-electron chi connectivity index (χ3n) is 3.05. The van der Waals surface area contributed by atoms with Crippen molar-refractivity contribution in [2.75, 3.05) is 5.32 Å². The summed E-state index contributed by atoms with van der Waals surface area (Å²) in [5, 5.41) is 4.52. The molecule has 7 heteroatoms. The number of hydrogen-bond acceptors (Lipinski definition) is 5. The molecule has 1 aliphatic rings. The maximum Gasteiger partial charge on any atom is 0.290 e. The fourth-order valence-electron chi connectivity index (χ4n) is 2.12. The molecule has 3 rings (SSSR count). The van der Waals surface area contributed by atoms with Gasteiger partial charge in [-0.05, 0) is 36.0 Å². The van der Waals surface area contributed by atoms with E-state index < -0.39 is 11.1 Å². The summed E-state index contributed by atoms with van der Waals surface area (Å²) in [6.07, 6.45) is 1.51. The van der Waals surface area contributed by atoms with Crippen LogP contribution in [-0.2, 0) is 9.59 Å². The van der Waals surface area contributed by atoms with E-state index >= 15 is 0 Å². The lowest BCUT2D eigenvalue weighted by molar-refractivity contribution is -0.115. The average molecular weight is 328 g/mol. The van der Waals surface area contributed by atoms with Gasteiger partial charge in [0, 0.05) is 18.6 Å². The van der Waals surface area contributed by atoms with E-state index in [1.165, 1.54) is 13.0 Å². The van der Waals surface area contributed by atoms with E-state index in [2.05, 4.69) is 10.6 Å². The van der Waals surface area contributed by atoms with E-state index in [0.717, 1.165) is 17.3 Å². The summed E-state index contributed by atoms with van der Waals surface area (Å²) in [5.74, 6) is 0.390. The molecule has 1 aromatic carbocycles. The smallest absolute Gasteiger partial charge is 0.290 e. The molecule has 2 N–H and O–H groups in total. The zero-order valence-electron chi connectivity index (χ0n) is 12.1. The molecule has 0 atom stereocenters. The minimum atomic E-state index is -0.434. The van der Waals surface area contributed by atoms with Gasteiger partial charge in [0.2, 0.25) is 5.91 Å². The number of amides is 3. The van der Waals surface area contributed by atoms with Gasteiger partial charge in [0.05, 0.1) is 10.6 Å². The molecule has 0 bridgehead atoms. The van der Waals surface area contributed by atoms with Gasteiger partial charge < -0.3 is 9.73 Å². The number of imide groups is 1. The summed E-state index contributed by atoms with van der Waals surface area (Å²) in [4.78, 5) is 34.2. The molecular formula is C16H12N2O4S. The SMILES string of the molecule is CC(=O)Nc1ccccc1-c1ccc(/C=C2\SC(=O)NC2=O)o1. The largest absolute Gasteiger partial charge is 0.457 e. The van der Waals surface area contributed by atoms with E-state index in [4.69, 9.17) is 4.42 Å². The van der Waals surface area contributed by atoms with Crippen LogP contribution in [-0.4, -0.2) is 17.1 Å². The van der Waals surface area contributed by atoms with Gasteiger partial charge in [-0.2, -0.15) is 0 Å². The number of para-hydroxylation sites is 1. The zero-order chi connectivity index (χ0) is 16.4. The highest BCUT2D eigenvalue weighted by Gasteiger charge is 2.25. The van der Waals surface area contributed by atoms with Crippen LogP contribution in [0.3, 0.4) is 0 Å². The molecule has 23 heavy (non-hydrogen) atoms. The Hall–Kier alpha value is -2.80. The quantitative estimate of drug-likeness (QED) is 0.845. The molecule has 0 aliphatic carbocycles. The minimum Gasteiger partial charge on any atom is -0.457 e. The normalized spacial score (nSPS) is 15.8. The molecule has 1 saturated heterocycles. The van der Waals surface area contributed by atoms with Gasteiger partial charge >= 0.3 is 0 Å². The van der Waals surface area contributed by atoms with E-state index in [1.54, 1.807) is 18.2 Å². The van der Waals surface area contributed by atoms with E-state index in [1.807, 2.05) is 18.2 Å². The van der Waals surface area contributed by atoms with Crippen molar-refractivity contribution in [3.63, 3.8) is 0 Å². The second-order valence-corrected chi connectivity index (χ2v) is 5.80. The van der Waals surface area contributed by atoms with Crippen molar-refractivity contribution in [3.05, 3.63) is 47.1 Å². The molecule has 0 spiro atoms. The molecule has 0 unspecified atom stereocenters. The monoisotopic (exact) mass is 328 g/mol. The number of rotatable bonds is 3. The Morgan fingerprint density at radius 2 is 2.00 bits per heavy atom. The van der Waals surface area contributed by atoms with Crippen molar-refractivity contribution in [1.82, 2.24) is 5.32 Å². The van der Waals surface area contributed by atoms with Crippen LogP contribution >= 0.6 is 11.8 Å². The molecule has 0 radical (unpaired) electrons. The molecule has 3 amide bonds. The van der Waals surface area contributed by atoms with Gasteiger partial charge in [0.25, 0.3) is 11.1 Å². The van der Waals surface area contributed by atoms with Crippen molar-refractivity contribution in [3.8, 4) is 11.3 Å². The second kappa shape index (κ2) is 6.13. The number of furan rings is 1. The highest BCUT2D eigenvalue weighted by atomic mass is 32.2. The Morgan fingerprint density at radius 1 is 1.22 bits per heavy atom. The molecule has 1 fully saturated rings. The number of benzene rings is 1. The van der Waals surface area contributed by atoms with Gasteiger partial charge in [-0.3, -0.25) is 19.7 Å². The van der Waals surface area contributed by atoms with Crippen LogP contribution in [0.2, 0.25) is 0 Å². The number of anilines is 1. The zero-order valence-corrected chi connectivity index (χ0v) is 12.9. The summed E-state index contributed by atoms with van der Waals surface area (Å²) in [6, 6.07) is 10.7. The van der Waals surface area contributed by atoms with Crippen molar-refractivity contribution >= 4 is 40.6 Å². The van der Waals surface area contributed by atoms with E-state index in [-0.39, 0.29) is 10.8 Å². The van der Waals surface area contributed by atoms with Crippen LogP contribution < -0.4 is 10.6 Å². The molecule has 2 aromatic rings. The van der Waals surface area contributed by atoms with Crippen LogP contribution in [0.1, 0.15) is 12.7 Å². The number of hydrogen-bond donors (Lipinski definition) is 2. The van der Waals surface area contributed by atoms with Gasteiger partial charge in [-0.15, -0.1) is 0 Å². The summed E-state index contributed by atoms with van der Waals surface area (Å²) in [5.41, 5.74) is 1.36. The highest BCUT2D eigenvalue weighted by Crippen LogP contribution is 2.31. The first kappa shape index (κ1) is 15.1. The lowest BCUT2D eigenvalue weighted by Crippen LogP contribution is -2.17. The number of carbonyl (C=O) groups excluding carboxylic acids is 3. The Balaban J connectivity index is 1.91. The van der Waals surface area contributed by atoms with Crippen molar-refractivity contribution in [2.45, 2.75) is 6.92 Å². The Labute approximate surface area is 135 Å².